The van der Waals surface area contributed by atoms with Gasteiger partial charge in [-0.05, 0) is 25.1 Å². The van der Waals surface area contributed by atoms with Gasteiger partial charge in [0, 0.05) is 30.2 Å². The highest BCUT2D eigenvalue weighted by atomic mass is 79.9. The molecular weight excluding hydrogens is 296 g/mol. The van der Waals surface area contributed by atoms with E-state index in [4.69, 9.17) is 0 Å². The fourth-order valence-electron chi connectivity index (χ4n) is 2.20. The second-order valence-electron chi connectivity index (χ2n) is 4.36. The summed E-state index contributed by atoms with van der Waals surface area (Å²) >= 11 is 3.40. The quantitative estimate of drug-likeness (QED) is 0.796. The molecule has 96 valence electrons. The zero-order chi connectivity index (χ0) is 13.3. The van der Waals surface area contributed by atoms with E-state index in [2.05, 4.69) is 15.9 Å². The molecular formula is C13H15BrN2O2. The summed E-state index contributed by atoms with van der Waals surface area (Å²) in [6.07, 6.45) is 0. The molecule has 1 aromatic carbocycles. The highest BCUT2D eigenvalue weighted by molar-refractivity contribution is 9.10. The third-order valence-corrected chi connectivity index (χ3v) is 3.67. The molecule has 1 aliphatic rings. The number of hydrogen-bond acceptors (Lipinski definition) is 2. The number of hydrogen-bond donors (Lipinski definition) is 0. The molecule has 1 saturated heterocycles. The molecule has 0 spiro atoms. The van der Waals surface area contributed by atoms with Gasteiger partial charge < -0.3 is 9.80 Å². The second kappa shape index (κ2) is 5.10. The van der Waals surface area contributed by atoms with Gasteiger partial charge in [-0.1, -0.05) is 22.0 Å². The molecule has 1 aromatic rings. The van der Waals surface area contributed by atoms with Crippen molar-refractivity contribution in [3.05, 3.63) is 28.7 Å². The van der Waals surface area contributed by atoms with Crippen LogP contribution in [0.5, 0.6) is 0 Å². The van der Waals surface area contributed by atoms with E-state index < -0.39 is 6.04 Å². The van der Waals surface area contributed by atoms with E-state index in [0.717, 1.165) is 10.2 Å². The standard InChI is InChI=1S/C13H15BrN2O2/c1-9-13(18)16(7-6-15(9)10(2)17)12-5-3-4-11(14)8-12/h3-5,8-9H,6-7H2,1-2H3. The molecule has 0 N–H and O–H groups in total. The van der Waals surface area contributed by atoms with Crippen LogP contribution in [0.3, 0.4) is 0 Å². The van der Waals surface area contributed by atoms with Crippen molar-refractivity contribution in [1.82, 2.24) is 4.90 Å². The van der Waals surface area contributed by atoms with E-state index in [1.807, 2.05) is 24.3 Å². The monoisotopic (exact) mass is 310 g/mol. The molecule has 0 radical (unpaired) electrons. The lowest BCUT2D eigenvalue weighted by Gasteiger charge is -2.38. The molecule has 0 saturated carbocycles. The fraction of sp³-hybridized carbons (Fsp3) is 0.385. The van der Waals surface area contributed by atoms with Gasteiger partial charge in [0.25, 0.3) is 0 Å². The van der Waals surface area contributed by atoms with Crippen LogP contribution in [-0.2, 0) is 9.59 Å². The first-order valence-corrected chi connectivity index (χ1v) is 6.64. The van der Waals surface area contributed by atoms with Crippen molar-refractivity contribution in [3.8, 4) is 0 Å². The maximum atomic E-state index is 12.3. The highest BCUT2D eigenvalue weighted by Gasteiger charge is 2.33. The van der Waals surface area contributed by atoms with E-state index in [1.54, 1.807) is 16.7 Å². The maximum absolute atomic E-state index is 12.3. The number of halogens is 1. The molecule has 1 atom stereocenters. The minimum atomic E-state index is -0.393. The Morgan fingerprint density at radius 1 is 1.39 bits per heavy atom. The van der Waals surface area contributed by atoms with Crippen molar-refractivity contribution in [3.63, 3.8) is 0 Å². The van der Waals surface area contributed by atoms with Gasteiger partial charge >= 0.3 is 0 Å². The van der Waals surface area contributed by atoms with Crippen LogP contribution in [0.15, 0.2) is 28.7 Å². The van der Waals surface area contributed by atoms with E-state index in [9.17, 15) is 9.59 Å². The van der Waals surface area contributed by atoms with Gasteiger partial charge in [-0.3, -0.25) is 9.59 Å². The molecule has 18 heavy (non-hydrogen) atoms. The average Bonchev–Trinajstić information content (AvgIpc) is 2.32. The summed E-state index contributed by atoms with van der Waals surface area (Å²) in [6, 6.07) is 7.24. The van der Waals surface area contributed by atoms with E-state index >= 15 is 0 Å². The first-order chi connectivity index (χ1) is 8.50. The Hall–Kier alpha value is -1.36. The van der Waals surface area contributed by atoms with Crippen LogP contribution in [0.4, 0.5) is 5.69 Å². The van der Waals surface area contributed by atoms with Gasteiger partial charge in [0.1, 0.15) is 6.04 Å². The number of benzene rings is 1. The molecule has 0 bridgehead atoms. The van der Waals surface area contributed by atoms with Crippen LogP contribution in [0.25, 0.3) is 0 Å². The zero-order valence-electron chi connectivity index (χ0n) is 10.4. The molecule has 2 amide bonds. The number of piperazine rings is 1. The number of rotatable bonds is 1. The van der Waals surface area contributed by atoms with Crippen LogP contribution in [0, 0.1) is 0 Å². The van der Waals surface area contributed by atoms with Gasteiger partial charge in [0.15, 0.2) is 0 Å². The second-order valence-corrected chi connectivity index (χ2v) is 5.27. The highest BCUT2D eigenvalue weighted by Crippen LogP contribution is 2.23. The van der Waals surface area contributed by atoms with Crippen LogP contribution < -0.4 is 4.90 Å². The molecule has 2 rings (SSSR count). The fourth-order valence-corrected chi connectivity index (χ4v) is 2.59. The first-order valence-electron chi connectivity index (χ1n) is 5.85. The van der Waals surface area contributed by atoms with Crippen LogP contribution >= 0.6 is 15.9 Å². The van der Waals surface area contributed by atoms with Crippen molar-refractivity contribution in [2.24, 2.45) is 0 Å². The van der Waals surface area contributed by atoms with Gasteiger partial charge in [0.05, 0.1) is 0 Å². The molecule has 1 aliphatic heterocycles. The topological polar surface area (TPSA) is 40.6 Å². The largest absolute Gasteiger partial charge is 0.329 e. The summed E-state index contributed by atoms with van der Waals surface area (Å²) in [5, 5.41) is 0. The molecule has 4 nitrogen and oxygen atoms in total. The number of carbonyl (C=O) groups is 2. The number of nitrogens with zero attached hydrogens (tertiary/aromatic N) is 2. The Labute approximate surface area is 115 Å². The summed E-state index contributed by atoms with van der Waals surface area (Å²) in [4.78, 5) is 27.0. The lowest BCUT2D eigenvalue weighted by atomic mass is 10.1. The molecule has 0 aliphatic carbocycles. The van der Waals surface area contributed by atoms with Crippen molar-refractivity contribution in [2.75, 3.05) is 18.0 Å². The molecule has 5 heteroatoms. The average molecular weight is 311 g/mol. The summed E-state index contributed by atoms with van der Waals surface area (Å²) in [5.74, 6) is -0.0840. The van der Waals surface area contributed by atoms with Crippen LogP contribution in [0.2, 0.25) is 0 Å². The molecule has 1 unspecified atom stereocenters. The summed E-state index contributed by atoms with van der Waals surface area (Å²) in [5.41, 5.74) is 0.865. The van der Waals surface area contributed by atoms with E-state index in [-0.39, 0.29) is 11.8 Å². The lowest BCUT2D eigenvalue weighted by molar-refractivity contribution is -0.139. The van der Waals surface area contributed by atoms with E-state index in [0.29, 0.717) is 13.1 Å². The van der Waals surface area contributed by atoms with E-state index in [1.165, 1.54) is 6.92 Å². The van der Waals surface area contributed by atoms with Crippen molar-refractivity contribution in [1.29, 1.82) is 0 Å². The Kier molecular flexibility index (Phi) is 3.71. The van der Waals surface area contributed by atoms with Gasteiger partial charge in [-0.25, -0.2) is 0 Å². The Morgan fingerprint density at radius 2 is 2.11 bits per heavy atom. The summed E-state index contributed by atoms with van der Waals surface area (Å²) < 4.78 is 0.939. The SMILES string of the molecule is CC(=O)N1CCN(c2cccc(Br)c2)C(=O)C1C. The zero-order valence-corrected chi connectivity index (χ0v) is 12.0. The van der Waals surface area contributed by atoms with Crippen molar-refractivity contribution in [2.45, 2.75) is 19.9 Å². The lowest BCUT2D eigenvalue weighted by Crippen LogP contribution is -2.57. The van der Waals surface area contributed by atoms with Crippen LogP contribution in [-0.4, -0.2) is 35.8 Å². The smallest absolute Gasteiger partial charge is 0.249 e. The number of amides is 2. The minimum Gasteiger partial charge on any atom is -0.329 e. The Balaban J connectivity index is 2.23. The molecule has 1 fully saturated rings. The molecule has 0 aromatic heterocycles. The Bertz CT molecular complexity index is 490. The third-order valence-electron chi connectivity index (χ3n) is 3.18. The van der Waals surface area contributed by atoms with Gasteiger partial charge in [-0.2, -0.15) is 0 Å². The number of carbonyl (C=O) groups excluding carboxylic acids is 2. The predicted molar refractivity (Wildman–Crippen MR) is 73.3 cm³/mol. The van der Waals surface area contributed by atoms with Crippen LogP contribution in [0.1, 0.15) is 13.8 Å². The Morgan fingerprint density at radius 3 is 2.72 bits per heavy atom. The van der Waals surface area contributed by atoms with Gasteiger partial charge in [0.2, 0.25) is 11.8 Å². The third kappa shape index (κ3) is 2.41. The predicted octanol–water partition coefficient (Wildman–Crippen LogP) is 2.03. The van der Waals surface area contributed by atoms with Crippen molar-refractivity contribution < 1.29 is 9.59 Å². The number of anilines is 1. The summed E-state index contributed by atoms with van der Waals surface area (Å²) in [6.45, 7) is 4.39. The summed E-state index contributed by atoms with van der Waals surface area (Å²) in [7, 11) is 0. The minimum absolute atomic E-state index is 0.0328. The maximum Gasteiger partial charge on any atom is 0.249 e. The normalized spacial score (nSPS) is 20.2. The molecule has 1 heterocycles. The van der Waals surface area contributed by atoms with Gasteiger partial charge in [-0.15, -0.1) is 0 Å². The first kappa shape index (κ1) is 13.1. The van der Waals surface area contributed by atoms with Crippen molar-refractivity contribution >= 4 is 33.4 Å².